The molecule has 8 N–H and O–H groups in total. The Morgan fingerprint density at radius 1 is 1.00 bits per heavy atom. The second kappa shape index (κ2) is 11.8. The number of hydrogen-bond donors (Lipinski definition) is 6. The smallest absolute Gasteiger partial charge is 0.330 e. The van der Waals surface area contributed by atoms with Crippen LogP contribution in [0.3, 0.4) is 0 Å². The van der Waals surface area contributed by atoms with Crippen molar-refractivity contribution in [2.45, 2.75) is 75.8 Å². The van der Waals surface area contributed by atoms with E-state index in [1.54, 1.807) is 0 Å². The zero-order chi connectivity index (χ0) is 26.3. The number of nitrogens with two attached hydrogens (primary N) is 2. The van der Waals surface area contributed by atoms with E-state index in [1.807, 2.05) is 24.3 Å². The highest BCUT2D eigenvalue weighted by molar-refractivity contribution is 5.92. The Labute approximate surface area is 211 Å². The van der Waals surface area contributed by atoms with Crippen molar-refractivity contribution in [2.75, 3.05) is 13.1 Å². The fraction of sp³-hybridized carbons (Fsp3) is 0.615. The number of aliphatic carboxylic acids is 2. The normalized spacial score (nSPS) is 19.2. The summed E-state index contributed by atoms with van der Waals surface area (Å²) >= 11 is 0. The number of carbonyl (C=O) groups excluding carboxylic acids is 2. The van der Waals surface area contributed by atoms with Gasteiger partial charge in [-0.05, 0) is 49.8 Å². The van der Waals surface area contributed by atoms with E-state index in [4.69, 9.17) is 11.5 Å². The second-order valence-electron chi connectivity index (χ2n) is 10.3. The maximum atomic E-state index is 13.7. The van der Waals surface area contributed by atoms with Gasteiger partial charge in [-0.1, -0.05) is 43.5 Å². The summed E-state index contributed by atoms with van der Waals surface area (Å²) in [6, 6.07) is 6.65. The van der Waals surface area contributed by atoms with Crippen LogP contribution in [0.25, 0.3) is 0 Å². The van der Waals surface area contributed by atoms with E-state index in [1.165, 1.54) is 0 Å². The van der Waals surface area contributed by atoms with Gasteiger partial charge in [-0.2, -0.15) is 0 Å². The third-order valence-electron chi connectivity index (χ3n) is 7.72. The Hall–Kier alpha value is -2.98. The predicted octanol–water partition coefficient (Wildman–Crippen LogP) is 0.949. The molecule has 1 aromatic carbocycles. The SMILES string of the molecule is NCCCC[C@H](N)C(=O)NC[C@H](CC1(C(=O)NC2(C(=O)O)Cc3ccccc3C2)CCCC1)C(=O)O. The molecular formula is C26H38N4O6. The summed E-state index contributed by atoms with van der Waals surface area (Å²) < 4.78 is 0. The molecule has 0 unspecified atom stereocenters. The van der Waals surface area contributed by atoms with Gasteiger partial charge in [0, 0.05) is 19.4 Å². The molecule has 10 heteroatoms. The third-order valence-corrected chi connectivity index (χ3v) is 7.72. The monoisotopic (exact) mass is 502 g/mol. The van der Waals surface area contributed by atoms with Gasteiger partial charge in [-0.15, -0.1) is 0 Å². The van der Waals surface area contributed by atoms with Gasteiger partial charge in [0.1, 0.15) is 5.54 Å². The Kier molecular flexibility index (Phi) is 9.08. The molecule has 198 valence electrons. The number of unbranched alkanes of at least 4 members (excludes halogenated alkanes) is 1. The summed E-state index contributed by atoms with van der Waals surface area (Å²) in [5, 5.41) is 25.4. The first-order valence-corrected chi connectivity index (χ1v) is 12.7. The first kappa shape index (κ1) is 27.6. The molecule has 10 nitrogen and oxygen atoms in total. The van der Waals surface area contributed by atoms with Crippen LogP contribution in [0.2, 0.25) is 0 Å². The Morgan fingerprint density at radius 3 is 2.14 bits per heavy atom. The van der Waals surface area contributed by atoms with Crippen LogP contribution in [-0.2, 0) is 32.0 Å². The fourth-order valence-corrected chi connectivity index (χ4v) is 5.55. The van der Waals surface area contributed by atoms with Crippen molar-refractivity contribution in [3.63, 3.8) is 0 Å². The van der Waals surface area contributed by atoms with Crippen LogP contribution >= 0.6 is 0 Å². The summed E-state index contributed by atoms with van der Waals surface area (Å²) in [5.41, 5.74) is 10.7. The molecule has 3 rings (SSSR count). The van der Waals surface area contributed by atoms with Crippen molar-refractivity contribution in [2.24, 2.45) is 22.8 Å². The van der Waals surface area contributed by atoms with Crippen molar-refractivity contribution < 1.29 is 29.4 Å². The number of benzene rings is 1. The van der Waals surface area contributed by atoms with Gasteiger partial charge >= 0.3 is 11.9 Å². The maximum absolute atomic E-state index is 13.7. The Morgan fingerprint density at radius 2 is 1.61 bits per heavy atom. The highest BCUT2D eigenvalue weighted by Gasteiger charge is 2.51. The number of hydrogen-bond acceptors (Lipinski definition) is 6. The van der Waals surface area contributed by atoms with E-state index in [-0.39, 0.29) is 25.8 Å². The first-order chi connectivity index (χ1) is 17.1. The van der Waals surface area contributed by atoms with E-state index in [9.17, 15) is 29.4 Å². The second-order valence-corrected chi connectivity index (χ2v) is 10.3. The van der Waals surface area contributed by atoms with Crippen LogP contribution in [0.15, 0.2) is 24.3 Å². The molecule has 36 heavy (non-hydrogen) atoms. The molecule has 0 radical (unpaired) electrons. The molecule has 2 aliphatic carbocycles. The molecule has 0 heterocycles. The average molecular weight is 503 g/mol. The van der Waals surface area contributed by atoms with Crippen LogP contribution < -0.4 is 22.1 Å². The molecule has 2 amide bonds. The highest BCUT2D eigenvalue weighted by atomic mass is 16.4. The number of rotatable bonds is 13. The lowest BCUT2D eigenvalue weighted by Gasteiger charge is -2.35. The van der Waals surface area contributed by atoms with Crippen LogP contribution in [0.1, 0.15) is 62.5 Å². The number of nitrogens with one attached hydrogen (secondary N) is 2. The Bertz CT molecular complexity index is 950. The van der Waals surface area contributed by atoms with Gasteiger partial charge in [0.2, 0.25) is 11.8 Å². The van der Waals surface area contributed by atoms with Crippen LogP contribution in [0, 0.1) is 11.3 Å². The minimum atomic E-state index is -1.46. The topological polar surface area (TPSA) is 185 Å². The molecule has 1 aromatic rings. The van der Waals surface area contributed by atoms with Crippen molar-refractivity contribution >= 4 is 23.8 Å². The number of carboxylic acids is 2. The molecule has 0 aliphatic heterocycles. The quantitative estimate of drug-likeness (QED) is 0.215. The third kappa shape index (κ3) is 6.22. The first-order valence-electron chi connectivity index (χ1n) is 12.7. The highest BCUT2D eigenvalue weighted by Crippen LogP contribution is 2.44. The molecule has 1 fully saturated rings. The van der Waals surface area contributed by atoms with E-state index < -0.39 is 46.7 Å². The zero-order valence-electron chi connectivity index (χ0n) is 20.6. The van der Waals surface area contributed by atoms with Crippen LogP contribution in [-0.4, -0.2) is 58.6 Å². The van der Waals surface area contributed by atoms with Gasteiger partial charge < -0.3 is 32.3 Å². The number of amides is 2. The molecular weight excluding hydrogens is 464 g/mol. The fourth-order valence-electron chi connectivity index (χ4n) is 5.55. The lowest BCUT2D eigenvalue weighted by atomic mass is 9.75. The zero-order valence-corrected chi connectivity index (χ0v) is 20.6. The van der Waals surface area contributed by atoms with Crippen LogP contribution in [0.4, 0.5) is 0 Å². The summed E-state index contributed by atoms with van der Waals surface area (Å²) in [6.45, 7) is 0.359. The van der Waals surface area contributed by atoms with Gasteiger partial charge in [-0.3, -0.25) is 14.4 Å². The summed E-state index contributed by atoms with van der Waals surface area (Å²) in [4.78, 5) is 50.4. The average Bonchev–Trinajstić information content (AvgIpc) is 3.47. The standard InChI is InChI=1S/C26H38N4O6/c27-12-6-3-9-20(28)21(31)29-16-19(22(32)33)13-25(10-4-5-11-25)23(34)30-26(24(35)36)14-17-7-1-2-8-18(17)15-26/h1-2,7-8,19-20H,3-6,9-16,27-28H2,(H,29,31)(H,30,34)(H,32,33)(H,35,36)/t19-,20-/m0/s1. The van der Waals surface area contributed by atoms with Crippen molar-refractivity contribution in [1.29, 1.82) is 0 Å². The number of fused-ring (bicyclic) bond motifs is 1. The molecule has 0 spiro atoms. The van der Waals surface area contributed by atoms with Gasteiger partial charge in [0.05, 0.1) is 17.4 Å². The molecule has 2 aliphatic rings. The number of carboxylic acid groups (broad SMARTS) is 2. The van der Waals surface area contributed by atoms with E-state index >= 15 is 0 Å². The largest absolute Gasteiger partial charge is 0.481 e. The van der Waals surface area contributed by atoms with Crippen molar-refractivity contribution in [3.05, 3.63) is 35.4 Å². The van der Waals surface area contributed by atoms with Gasteiger partial charge in [0.25, 0.3) is 0 Å². The van der Waals surface area contributed by atoms with Gasteiger partial charge in [0.15, 0.2) is 0 Å². The molecule has 1 saturated carbocycles. The van der Waals surface area contributed by atoms with Crippen molar-refractivity contribution in [3.8, 4) is 0 Å². The molecule has 0 saturated heterocycles. The van der Waals surface area contributed by atoms with Crippen molar-refractivity contribution in [1.82, 2.24) is 10.6 Å². The van der Waals surface area contributed by atoms with E-state index in [2.05, 4.69) is 10.6 Å². The van der Waals surface area contributed by atoms with E-state index in [0.717, 1.165) is 30.4 Å². The molecule has 2 atom stereocenters. The predicted molar refractivity (Wildman–Crippen MR) is 133 cm³/mol. The minimum absolute atomic E-state index is 0.0134. The maximum Gasteiger partial charge on any atom is 0.330 e. The summed E-state index contributed by atoms with van der Waals surface area (Å²) in [7, 11) is 0. The van der Waals surface area contributed by atoms with Crippen LogP contribution in [0.5, 0.6) is 0 Å². The number of carbonyl (C=O) groups is 4. The molecule has 0 bridgehead atoms. The van der Waals surface area contributed by atoms with Gasteiger partial charge in [-0.25, -0.2) is 4.79 Å². The summed E-state index contributed by atoms with van der Waals surface area (Å²) in [6.07, 6.45) is 4.71. The molecule has 0 aromatic heterocycles. The lowest BCUT2D eigenvalue weighted by molar-refractivity contribution is -0.151. The van der Waals surface area contributed by atoms with E-state index in [0.29, 0.717) is 32.2 Å². The Balaban J connectivity index is 1.70. The minimum Gasteiger partial charge on any atom is -0.481 e. The summed E-state index contributed by atoms with van der Waals surface area (Å²) in [5.74, 6) is -4.09. The lowest BCUT2D eigenvalue weighted by Crippen LogP contribution is -2.59.